The van der Waals surface area contributed by atoms with Gasteiger partial charge in [0.05, 0.1) is 13.2 Å². The van der Waals surface area contributed by atoms with E-state index in [1.54, 1.807) is 0 Å². The smallest absolute Gasteiger partial charge is 0.294 e. The number of rotatable bonds is 8. The first-order valence-corrected chi connectivity index (χ1v) is 7.22. The number of aliphatic hydroxyl groups excluding tert-OH is 4. The van der Waals surface area contributed by atoms with E-state index in [0.717, 1.165) is 0 Å². The fraction of sp³-hybridized carbons (Fsp3) is 0.917. The Hall–Kier alpha value is -1.45. The van der Waals surface area contributed by atoms with E-state index in [0.29, 0.717) is 0 Å². The topological polar surface area (TPSA) is 209 Å². The minimum Gasteiger partial charge on any atom is -0.388 e. The number of hydrogen-bond acceptors (Lipinski definition) is 12. The number of carbonyl (C=O) groups is 1. The van der Waals surface area contributed by atoms with Crippen LogP contribution in [0.3, 0.4) is 0 Å². The molecule has 8 atom stereocenters. The van der Waals surface area contributed by atoms with Crippen LogP contribution < -0.4 is 0 Å². The van der Waals surface area contributed by atoms with E-state index in [4.69, 9.17) is 9.47 Å². The monoisotopic (exact) mass is 369 g/mol. The van der Waals surface area contributed by atoms with Crippen molar-refractivity contribution >= 4 is 6.29 Å². The maximum absolute atomic E-state index is 11.4. The van der Waals surface area contributed by atoms with E-state index >= 15 is 0 Å². The molecule has 13 nitrogen and oxygen atoms in total. The molecular weight excluding hydrogens is 350 g/mol. The highest BCUT2D eigenvalue weighted by molar-refractivity contribution is 5.67. The summed E-state index contributed by atoms with van der Waals surface area (Å²) in [6.45, 7) is -2.04. The summed E-state index contributed by atoms with van der Waals surface area (Å²) >= 11 is 0. The molecule has 2 heterocycles. The van der Waals surface area contributed by atoms with Gasteiger partial charge in [0.15, 0.2) is 17.5 Å². The van der Waals surface area contributed by atoms with Crippen LogP contribution in [0.5, 0.6) is 0 Å². The molecule has 25 heavy (non-hydrogen) atoms. The average molecular weight is 369 g/mol. The zero-order chi connectivity index (χ0) is 19.0. The van der Waals surface area contributed by atoms with E-state index in [2.05, 4.69) is 4.84 Å². The van der Waals surface area contributed by atoms with Crippen LogP contribution in [0.2, 0.25) is 0 Å². The molecule has 0 aromatic rings. The van der Waals surface area contributed by atoms with Crippen molar-refractivity contribution < 1.29 is 54.8 Å². The number of aliphatic hydroxyl groups is 6. The van der Waals surface area contributed by atoms with Crippen LogP contribution in [0.15, 0.2) is 0 Å². The van der Waals surface area contributed by atoms with Gasteiger partial charge in [0, 0.05) is 0 Å². The van der Waals surface area contributed by atoms with Gasteiger partial charge < -0.3 is 45.0 Å². The third-order valence-corrected chi connectivity index (χ3v) is 4.48. The summed E-state index contributed by atoms with van der Waals surface area (Å²) in [4.78, 5) is 25.4. The fourth-order valence-corrected chi connectivity index (χ4v) is 2.99. The van der Waals surface area contributed by atoms with Crippen LogP contribution in [-0.2, 0) is 19.1 Å². The first kappa shape index (κ1) is 19.9. The van der Waals surface area contributed by atoms with Crippen molar-refractivity contribution in [3.8, 4) is 0 Å². The number of nitrogens with zero attached hydrogens (tertiary/aromatic N) is 1. The summed E-state index contributed by atoms with van der Waals surface area (Å²) in [5.41, 5.74) is -5.63. The Morgan fingerprint density at radius 1 is 1.40 bits per heavy atom. The Morgan fingerprint density at radius 2 is 2.04 bits per heavy atom. The van der Waals surface area contributed by atoms with Crippen molar-refractivity contribution in [3.63, 3.8) is 0 Å². The van der Waals surface area contributed by atoms with Gasteiger partial charge in [-0.1, -0.05) is 0 Å². The largest absolute Gasteiger partial charge is 0.388 e. The third-order valence-electron chi connectivity index (χ3n) is 4.48. The second-order valence-corrected chi connectivity index (χ2v) is 5.99. The van der Waals surface area contributed by atoms with Gasteiger partial charge in [-0.25, -0.2) is 0 Å². The molecule has 2 saturated heterocycles. The van der Waals surface area contributed by atoms with Crippen molar-refractivity contribution in [1.82, 2.24) is 0 Å². The van der Waals surface area contributed by atoms with Gasteiger partial charge in [-0.15, -0.1) is 10.1 Å². The molecule has 0 aromatic carbocycles. The second kappa shape index (κ2) is 7.05. The summed E-state index contributed by atoms with van der Waals surface area (Å²) in [7, 11) is 0. The lowest BCUT2D eigenvalue weighted by molar-refractivity contribution is -0.759. The van der Waals surface area contributed by atoms with Crippen molar-refractivity contribution in [1.29, 1.82) is 0 Å². The highest BCUT2D eigenvalue weighted by Crippen LogP contribution is 2.42. The van der Waals surface area contributed by atoms with Crippen LogP contribution in [-0.4, -0.2) is 110 Å². The molecular formula is C12H19NO12. The molecule has 0 saturated carbocycles. The van der Waals surface area contributed by atoms with E-state index in [1.807, 2.05) is 0 Å². The molecule has 6 N–H and O–H groups in total. The van der Waals surface area contributed by atoms with Crippen molar-refractivity contribution in [2.45, 2.75) is 47.8 Å². The third kappa shape index (κ3) is 3.20. The standard InChI is InChI=1S/C12H19NO12/c14-3-11(19,9(18)7(17)5(15)2-25-13(21)22)12(20)4-24-8-6(16)1-23-10(8)12/h3,5-10,15-20H,1-2,4H2/t5-,6-,7-,8-,9+,10+,11+,12-/m1/s1. The predicted octanol–water partition coefficient (Wildman–Crippen LogP) is -4.90. The molecule has 0 radical (unpaired) electrons. The number of aldehydes is 1. The van der Waals surface area contributed by atoms with Gasteiger partial charge in [0.25, 0.3) is 5.09 Å². The molecule has 2 fully saturated rings. The van der Waals surface area contributed by atoms with Gasteiger partial charge in [-0.3, -0.25) is 4.79 Å². The summed E-state index contributed by atoms with van der Waals surface area (Å²) in [5.74, 6) is 0. The summed E-state index contributed by atoms with van der Waals surface area (Å²) in [6, 6.07) is 0. The van der Waals surface area contributed by atoms with Gasteiger partial charge >= 0.3 is 0 Å². The first-order valence-electron chi connectivity index (χ1n) is 7.22. The lowest BCUT2D eigenvalue weighted by atomic mass is 9.74. The van der Waals surface area contributed by atoms with Crippen molar-refractivity contribution in [2.24, 2.45) is 0 Å². The molecule has 144 valence electrons. The molecule has 0 unspecified atom stereocenters. The molecule has 0 aliphatic carbocycles. The lowest BCUT2D eigenvalue weighted by Crippen LogP contribution is -2.71. The quantitative estimate of drug-likeness (QED) is 0.135. The minimum atomic E-state index is -3.08. The summed E-state index contributed by atoms with van der Waals surface area (Å²) in [5, 5.41) is 69.3. The Kier molecular flexibility index (Phi) is 5.60. The van der Waals surface area contributed by atoms with Crippen molar-refractivity contribution in [2.75, 3.05) is 19.8 Å². The zero-order valence-corrected chi connectivity index (χ0v) is 12.7. The molecule has 2 aliphatic heterocycles. The molecule has 0 bridgehead atoms. The fourth-order valence-electron chi connectivity index (χ4n) is 2.99. The molecule has 0 spiro atoms. The van der Waals surface area contributed by atoms with Crippen LogP contribution in [0.1, 0.15) is 0 Å². The maximum Gasteiger partial charge on any atom is 0.294 e. The van der Waals surface area contributed by atoms with Gasteiger partial charge in [-0.2, -0.15) is 0 Å². The Morgan fingerprint density at radius 3 is 2.60 bits per heavy atom. The van der Waals surface area contributed by atoms with Crippen LogP contribution >= 0.6 is 0 Å². The Bertz CT molecular complexity index is 518. The van der Waals surface area contributed by atoms with Crippen molar-refractivity contribution in [3.05, 3.63) is 10.1 Å². The summed E-state index contributed by atoms with van der Waals surface area (Å²) in [6.07, 6.45) is -10.7. The SMILES string of the molecule is O=C[C@](O)([C@@H](O)[C@H](O)[C@H](O)CO[N+](=O)[O-])[C@@]1(O)CO[C@@H]2[C@H](O)CO[C@@H]21. The molecule has 0 amide bonds. The zero-order valence-electron chi connectivity index (χ0n) is 12.7. The van der Waals surface area contributed by atoms with Crippen LogP contribution in [0.4, 0.5) is 0 Å². The molecule has 13 heteroatoms. The minimum absolute atomic E-state index is 0.259. The number of hydrogen-bond donors (Lipinski definition) is 6. The van der Waals surface area contributed by atoms with E-state index in [9.17, 15) is 45.5 Å². The number of carbonyl (C=O) groups excluding carboxylic acids is 1. The highest BCUT2D eigenvalue weighted by Gasteiger charge is 2.68. The normalized spacial score (nSPS) is 37.6. The molecule has 2 rings (SSSR count). The first-order chi connectivity index (χ1) is 11.6. The number of fused-ring (bicyclic) bond motifs is 1. The predicted molar refractivity (Wildman–Crippen MR) is 72.4 cm³/mol. The number of ether oxygens (including phenoxy) is 2. The van der Waals surface area contributed by atoms with Gasteiger partial charge in [0.1, 0.15) is 43.2 Å². The van der Waals surface area contributed by atoms with E-state index in [1.165, 1.54) is 0 Å². The maximum atomic E-state index is 11.4. The van der Waals surface area contributed by atoms with Gasteiger partial charge in [0.2, 0.25) is 0 Å². The lowest BCUT2D eigenvalue weighted by Gasteiger charge is -2.43. The van der Waals surface area contributed by atoms with Gasteiger partial charge in [-0.05, 0) is 0 Å². The highest BCUT2D eigenvalue weighted by atomic mass is 17.0. The van der Waals surface area contributed by atoms with Crippen LogP contribution in [0, 0.1) is 10.1 Å². The van der Waals surface area contributed by atoms with Crippen LogP contribution in [0.25, 0.3) is 0 Å². The second-order valence-electron chi connectivity index (χ2n) is 5.99. The average Bonchev–Trinajstić information content (AvgIpc) is 3.12. The Balaban J connectivity index is 2.20. The van der Waals surface area contributed by atoms with E-state index < -0.39 is 66.1 Å². The summed E-state index contributed by atoms with van der Waals surface area (Å²) < 4.78 is 10.2. The molecule has 2 aliphatic rings. The van der Waals surface area contributed by atoms with E-state index in [-0.39, 0.29) is 12.9 Å². The molecule has 0 aromatic heterocycles. The Labute approximate surface area is 140 Å².